The molecule has 1 aliphatic carbocycles. The van der Waals surface area contributed by atoms with Crippen LogP contribution in [0.15, 0.2) is 0 Å². The maximum atomic E-state index is 12.0. The van der Waals surface area contributed by atoms with Crippen molar-refractivity contribution in [1.29, 1.82) is 5.26 Å². The number of ether oxygens (including phenoxy) is 1. The summed E-state index contributed by atoms with van der Waals surface area (Å²) in [6.45, 7) is 1.71. The van der Waals surface area contributed by atoms with Crippen LogP contribution in [0.3, 0.4) is 0 Å². The lowest BCUT2D eigenvalue weighted by Gasteiger charge is -2.25. The Hall–Kier alpha value is -1.16. The van der Waals surface area contributed by atoms with Crippen LogP contribution in [-0.4, -0.2) is 61.4 Å². The number of nitriles is 1. The number of nitrogens with zero attached hydrogens (tertiary/aromatic N) is 2. The van der Waals surface area contributed by atoms with Gasteiger partial charge in [0.15, 0.2) is 0 Å². The molecular weight excluding hydrogens is 246 g/mol. The standard InChI is InChI=1S/C13H23N3O3/c1-19-9-7-16(6-8-17)10-12(18)15-13(11-14)4-2-3-5-13/h17H,2-10H2,1H3,(H,15,18). The first-order chi connectivity index (χ1) is 9.15. The molecule has 0 heterocycles. The highest BCUT2D eigenvalue weighted by Gasteiger charge is 2.35. The molecule has 0 aromatic rings. The van der Waals surface area contributed by atoms with Crippen LogP contribution in [0.25, 0.3) is 0 Å². The van der Waals surface area contributed by atoms with Gasteiger partial charge < -0.3 is 15.2 Å². The summed E-state index contributed by atoms with van der Waals surface area (Å²) in [5.41, 5.74) is -0.677. The zero-order valence-corrected chi connectivity index (χ0v) is 11.5. The summed E-state index contributed by atoms with van der Waals surface area (Å²) in [5, 5.41) is 21.0. The fourth-order valence-electron chi connectivity index (χ4n) is 2.38. The number of carbonyl (C=O) groups is 1. The topological polar surface area (TPSA) is 85.6 Å². The lowest BCUT2D eigenvalue weighted by atomic mass is 10.00. The second-order valence-electron chi connectivity index (χ2n) is 4.94. The Labute approximate surface area is 114 Å². The molecule has 1 fully saturated rings. The number of amides is 1. The third-order valence-corrected chi connectivity index (χ3v) is 3.44. The Morgan fingerprint density at radius 2 is 2.16 bits per heavy atom. The molecule has 0 aromatic heterocycles. The van der Waals surface area contributed by atoms with Crippen LogP contribution in [-0.2, 0) is 9.53 Å². The fourth-order valence-corrected chi connectivity index (χ4v) is 2.38. The van der Waals surface area contributed by atoms with Gasteiger partial charge in [0.05, 0.1) is 25.8 Å². The smallest absolute Gasteiger partial charge is 0.235 e. The van der Waals surface area contributed by atoms with Gasteiger partial charge in [-0.3, -0.25) is 9.69 Å². The maximum Gasteiger partial charge on any atom is 0.235 e. The summed E-state index contributed by atoms with van der Waals surface area (Å²) in [6, 6.07) is 2.23. The van der Waals surface area contributed by atoms with E-state index in [1.54, 1.807) is 7.11 Å². The number of carbonyl (C=O) groups excluding carboxylic acids is 1. The normalized spacial score (nSPS) is 17.4. The van der Waals surface area contributed by atoms with Crippen molar-refractivity contribution in [2.45, 2.75) is 31.2 Å². The summed E-state index contributed by atoms with van der Waals surface area (Å²) < 4.78 is 4.97. The summed E-state index contributed by atoms with van der Waals surface area (Å²) in [7, 11) is 1.60. The van der Waals surface area contributed by atoms with E-state index in [1.165, 1.54) is 0 Å². The lowest BCUT2D eigenvalue weighted by molar-refractivity contribution is -0.123. The van der Waals surface area contributed by atoms with Gasteiger partial charge in [0.2, 0.25) is 5.91 Å². The quantitative estimate of drug-likeness (QED) is 0.641. The Balaban J connectivity index is 2.45. The van der Waals surface area contributed by atoms with Gasteiger partial charge >= 0.3 is 0 Å². The monoisotopic (exact) mass is 269 g/mol. The predicted molar refractivity (Wildman–Crippen MR) is 70.4 cm³/mol. The molecule has 0 unspecified atom stereocenters. The van der Waals surface area contributed by atoms with Crippen LogP contribution in [0.5, 0.6) is 0 Å². The van der Waals surface area contributed by atoms with E-state index in [1.807, 2.05) is 4.90 Å². The molecule has 0 atom stereocenters. The van der Waals surface area contributed by atoms with Gasteiger partial charge in [0.1, 0.15) is 5.54 Å². The second-order valence-corrected chi connectivity index (χ2v) is 4.94. The highest BCUT2D eigenvalue weighted by molar-refractivity contribution is 5.79. The van der Waals surface area contributed by atoms with E-state index in [0.29, 0.717) is 19.7 Å². The number of rotatable bonds is 8. The highest BCUT2D eigenvalue weighted by Crippen LogP contribution is 2.28. The molecule has 6 nitrogen and oxygen atoms in total. The molecule has 1 aliphatic rings. The van der Waals surface area contributed by atoms with Crippen molar-refractivity contribution >= 4 is 5.91 Å². The molecular formula is C13H23N3O3. The molecule has 6 heteroatoms. The first-order valence-electron chi connectivity index (χ1n) is 6.70. The largest absolute Gasteiger partial charge is 0.395 e. The van der Waals surface area contributed by atoms with Crippen LogP contribution in [0.1, 0.15) is 25.7 Å². The Morgan fingerprint density at radius 1 is 1.47 bits per heavy atom. The molecule has 1 amide bonds. The molecule has 108 valence electrons. The van der Waals surface area contributed by atoms with Gasteiger partial charge in [-0.05, 0) is 25.7 Å². The van der Waals surface area contributed by atoms with Gasteiger partial charge in [-0.25, -0.2) is 0 Å². The molecule has 0 saturated heterocycles. The van der Waals surface area contributed by atoms with Crippen molar-refractivity contribution in [3.05, 3.63) is 0 Å². The number of aliphatic hydroxyl groups excluding tert-OH is 1. The van der Waals surface area contributed by atoms with E-state index in [2.05, 4.69) is 11.4 Å². The molecule has 0 radical (unpaired) electrons. The second kappa shape index (κ2) is 8.10. The average Bonchev–Trinajstić information content (AvgIpc) is 2.85. The van der Waals surface area contributed by atoms with Gasteiger partial charge in [-0.15, -0.1) is 0 Å². The number of hydrogen-bond acceptors (Lipinski definition) is 5. The summed E-state index contributed by atoms with van der Waals surface area (Å²) in [4.78, 5) is 13.8. The Morgan fingerprint density at radius 3 is 2.68 bits per heavy atom. The molecule has 0 spiro atoms. The highest BCUT2D eigenvalue weighted by atomic mass is 16.5. The van der Waals surface area contributed by atoms with Crippen molar-refractivity contribution in [3.8, 4) is 6.07 Å². The molecule has 1 saturated carbocycles. The Kier molecular flexibility index (Phi) is 6.78. The molecule has 0 aliphatic heterocycles. The SMILES string of the molecule is COCCN(CCO)CC(=O)NC1(C#N)CCCC1. The fraction of sp³-hybridized carbons (Fsp3) is 0.846. The van der Waals surface area contributed by atoms with Crippen molar-refractivity contribution < 1.29 is 14.6 Å². The third-order valence-electron chi connectivity index (χ3n) is 3.44. The van der Waals surface area contributed by atoms with Crippen LogP contribution in [0, 0.1) is 11.3 Å². The van der Waals surface area contributed by atoms with E-state index in [0.717, 1.165) is 25.7 Å². The van der Waals surface area contributed by atoms with Crippen molar-refractivity contribution in [2.75, 3.05) is 40.0 Å². The third kappa shape index (κ3) is 5.15. The molecule has 1 rings (SSSR count). The number of nitrogens with one attached hydrogen (secondary N) is 1. The van der Waals surface area contributed by atoms with Crippen LogP contribution in [0.4, 0.5) is 0 Å². The van der Waals surface area contributed by atoms with E-state index < -0.39 is 5.54 Å². The van der Waals surface area contributed by atoms with Crippen LogP contribution >= 0.6 is 0 Å². The van der Waals surface area contributed by atoms with Gasteiger partial charge in [-0.1, -0.05) is 0 Å². The van der Waals surface area contributed by atoms with Gasteiger partial charge in [0, 0.05) is 20.2 Å². The van der Waals surface area contributed by atoms with Gasteiger partial charge in [-0.2, -0.15) is 5.26 Å². The number of aliphatic hydroxyl groups is 1. The lowest BCUT2D eigenvalue weighted by Crippen LogP contribution is -2.49. The maximum absolute atomic E-state index is 12.0. The van der Waals surface area contributed by atoms with Crippen molar-refractivity contribution in [1.82, 2.24) is 10.2 Å². The zero-order valence-electron chi connectivity index (χ0n) is 11.5. The van der Waals surface area contributed by atoms with E-state index >= 15 is 0 Å². The summed E-state index contributed by atoms with van der Waals surface area (Å²) >= 11 is 0. The minimum absolute atomic E-state index is 0.000384. The van der Waals surface area contributed by atoms with E-state index in [9.17, 15) is 10.1 Å². The molecule has 2 N–H and O–H groups in total. The Bertz CT molecular complexity index is 322. The first-order valence-corrected chi connectivity index (χ1v) is 6.70. The van der Waals surface area contributed by atoms with Crippen LogP contribution in [0.2, 0.25) is 0 Å². The minimum atomic E-state index is -0.677. The molecule has 0 bridgehead atoms. The zero-order chi connectivity index (χ0) is 14.1. The average molecular weight is 269 g/mol. The minimum Gasteiger partial charge on any atom is -0.395 e. The molecule has 0 aromatic carbocycles. The number of methoxy groups -OCH3 is 1. The van der Waals surface area contributed by atoms with Crippen molar-refractivity contribution in [3.63, 3.8) is 0 Å². The van der Waals surface area contributed by atoms with Crippen LogP contribution < -0.4 is 5.32 Å². The van der Waals surface area contributed by atoms with E-state index in [4.69, 9.17) is 9.84 Å². The number of hydrogen-bond donors (Lipinski definition) is 2. The van der Waals surface area contributed by atoms with E-state index in [-0.39, 0.29) is 19.1 Å². The van der Waals surface area contributed by atoms with Gasteiger partial charge in [0.25, 0.3) is 0 Å². The summed E-state index contributed by atoms with van der Waals surface area (Å²) in [6.07, 6.45) is 3.43. The molecule has 19 heavy (non-hydrogen) atoms. The first kappa shape index (κ1) is 15.9. The summed E-state index contributed by atoms with van der Waals surface area (Å²) in [5.74, 6) is -0.159. The predicted octanol–water partition coefficient (Wildman–Crippen LogP) is -0.120. The van der Waals surface area contributed by atoms with Crippen molar-refractivity contribution in [2.24, 2.45) is 0 Å².